The third-order valence-electron chi connectivity index (χ3n) is 2.71. The summed E-state index contributed by atoms with van der Waals surface area (Å²) in [5.41, 5.74) is 0.865. The van der Waals surface area contributed by atoms with Gasteiger partial charge in [-0.25, -0.2) is 22.3 Å². The van der Waals surface area contributed by atoms with Crippen LogP contribution < -0.4 is 4.72 Å². The van der Waals surface area contributed by atoms with Gasteiger partial charge in [-0.1, -0.05) is 12.1 Å². The minimum Gasteiger partial charge on any atom is -0.477 e. The van der Waals surface area contributed by atoms with Crippen LogP contribution in [0.2, 0.25) is 0 Å². The number of sulfonamides is 1. The Bertz CT molecular complexity index is 783. The Morgan fingerprint density at radius 2 is 2.10 bits per heavy atom. The third-order valence-corrected chi connectivity index (χ3v) is 5.81. The summed E-state index contributed by atoms with van der Waals surface area (Å²) in [6.45, 7) is 1.46. The highest BCUT2D eigenvalue weighted by Crippen LogP contribution is 2.26. The van der Waals surface area contributed by atoms with Gasteiger partial charge in [0.05, 0.1) is 0 Å². The van der Waals surface area contributed by atoms with Gasteiger partial charge in [0.15, 0.2) is 0 Å². The minimum absolute atomic E-state index is 0.0128. The number of thiophene rings is 1. The topological polar surface area (TPSA) is 83.5 Å². The first kappa shape index (κ1) is 15.6. The van der Waals surface area contributed by atoms with Crippen molar-refractivity contribution in [1.82, 2.24) is 4.72 Å². The molecule has 1 heterocycles. The molecule has 0 radical (unpaired) electrons. The predicted molar refractivity (Wildman–Crippen MR) is 76.4 cm³/mol. The van der Waals surface area contributed by atoms with Gasteiger partial charge in [-0.2, -0.15) is 0 Å². The molecule has 0 saturated heterocycles. The van der Waals surface area contributed by atoms with Gasteiger partial charge in [-0.3, -0.25) is 0 Å². The normalized spacial score (nSPS) is 11.5. The maximum absolute atomic E-state index is 13.0. The first-order valence-electron chi connectivity index (χ1n) is 5.87. The molecule has 2 N–H and O–H groups in total. The van der Waals surface area contributed by atoms with E-state index >= 15 is 0 Å². The highest BCUT2D eigenvalue weighted by Gasteiger charge is 2.21. The van der Waals surface area contributed by atoms with Crippen LogP contribution in [0.5, 0.6) is 0 Å². The van der Waals surface area contributed by atoms with Crippen molar-refractivity contribution in [2.24, 2.45) is 0 Å². The Balaban J connectivity index is 2.19. The number of hydrogen-bond donors (Lipinski definition) is 2. The first-order valence-corrected chi connectivity index (χ1v) is 8.17. The van der Waals surface area contributed by atoms with Gasteiger partial charge in [0, 0.05) is 6.54 Å². The summed E-state index contributed by atoms with van der Waals surface area (Å²) in [6.07, 6.45) is 0. The van der Waals surface area contributed by atoms with Gasteiger partial charge in [0.1, 0.15) is 14.9 Å². The van der Waals surface area contributed by atoms with Crippen molar-refractivity contribution in [2.45, 2.75) is 17.7 Å². The number of hydrogen-bond acceptors (Lipinski definition) is 4. The molecule has 0 aliphatic carbocycles. The first-order chi connectivity index (χ1) is 9.79. The maximum atomic E-state index is 13.0. The highest BCUT2D eigenvalue weighted by molar-refractivity contribution is 7.91. The van der Waals surface area contributed by atoms with E-state index in [-0.39, 0.29) is 15.6 Å². The zero-order chi connectivity index (χ0) is 15.6. The Kier molecular flexibility index (Phi) is 4.40. The van der Waals surface area contributed by atoms with Crippen LogP contribution in [0.15, 0.2) is 34.5 Å². The van der Waals surface area contributed by atoms with Gasteiger partial charge < -0.3 is 5.11 Å². The summed E-state index contributed by atoms with van der Waals surface area (Å²) >= 11 is 0.689. The van der Waals surface area contributed by atoms with E-state index in [2.05, 4.69) is 4.72 Å². The Hall–Kier alpha value is -1.77. The molecule has 1 aromatic carbocycles. The molecule has 21 heavy (non-hydrogen) atoms. The van der Waals surface area contributed by atoms with Gasteiger partial charge in [0.2, 0.25) is 10.0 Å². The third kappa shape index (κ3) is 3.66. The lowest BCUT2D eigenvalue weighted by atomic mass is 10.2. The monoisotopic (exact) mass is 329 g/mol. The van der Waals surface area contributed by atoms with Crippen LogP contribution in [-0.4, -0.2) is 19.5 Å². The van der Waals surface area contributed by atoms with E-state index < -0.39 is 21.8 Å². The van der Waals surface area contributed by atoms with Crippen molar-refractivity contribution in [2.75, 3.05) is 0 Å². The molecule has 8 heteroatoms. The van der Waals surface area contributed by atoms with Crippen LogP contribution in [0.4, 0.5) is 4.39 Å². The van der Waals surface area contributed by atoms with Gasteiger partial charge in [-0.05, 0) is 36.2 Å². The number of rotatable bonds is 5. The van der Waals surface area contributed by atoms with E-state index in [0.717, 1.165) is 0 Å². The van der Waals surface area contributed by atoms with E-state index in [0.29, 0.717) is 22.5 Å². The molecule has 0 unspecified atom stereocenters. The van der Waals surface area contributed by atoms with Crippen molar-refractivity contribution < 1.29 is 22.7 Å². The molecule has 1 aromatic heterocycles. The van der Waals surface area contributed by atoms with Crippen LogP contribution in [0, 0.1) is 12.7 Å². The van der Waals surface area contributed by atoms with Crippen molar-refractivity contribution in [3.63, 3.8) is 0 Å². The highest BCUT2D eigenvalue weighted by atomic mass is 32.2. The summed E-state index contributed by atoms with van der Waals surface area (Å²) in [4.78, 5) is 10.9. The number of carbonyl (C=O) groups is 1. The standard InChI is InChI=1S/C13H12FNO4S2/c1-8-5-11(20-12(8)13(16)17)21(18,19)15-7-9-3-2-4-10(14)6-9/h2-6,15H,7H2,1H3,(H,16,17). The van der Waals surface area contributed by atoms with Crippen LogP contribution in [0.25, 0.3) is 0 Å². The molecular formula is C13H12FNO4S2. The van der Waals surface area contributed by atoms with Gasteiger partial charge >= 0.3 is 5.97 Å². The largest absolute Gasteiger partial charge is 0.477 e. The predicted octanol–water partition coefficient (Wildman–Crippen LogP) is 2.37. The lowest BCUT2D eigenvalue weighted by Crippen LogP contribution is -2.22. The average Bonchev–Trinajstić information content (AvgIpc) is 2.80. The van der Waals surface area contributed by atoms with E-state index in [1.807, 2.05) is 0 Å². The Morgan fingerprint density at radius 1 is 1.38 bits per heavy atom. The number of nitrogens with one attached hydrogen (secondary N) is 1. The van der Waals surface area contributed by atoms with Crippen LogP contribution >= 0.6 is 11.3 Å². The lowest BCUT2D eigenvalue weighted by Gasteiger charge is -2.04. The summed E-state index contributed by atoms with van der Waals surface area (Å²) in [5.74, 6) is -1.61. The second kappa shape index (κ2) is 5.92. The fourth-order valence-electron chi connectivity index (χ4n) is 1.69. The van der Waals surface area contributed by atoms with Gasteiger partial charge in [0.25, 0.3) is 0 Å². The fourth-order valence-corrected chi connectivity index (χ4v) is 4.13. The number of aromatic carboxylic acids is 1. The van der Waals surface area contributed by atoms with Crippen LogP contribution in [0.1, 0.15) is 20.8 Å². The number of halogens is 1. The van der Waals surface area contributed by atoms with Crippen molar-refractivity contribution >= 4 is 27.3 Å². The maximum Gasteiger partial charge on any atom is 0.346 e. The summed E-state index contributed by atoms with van der Waals surface area (Å²) < 4.78 is 39.4. The van der Waals surface area contributed by atoms with Crippen LogP contribution in [-0.2, 0) is 16.6 Å². The second-order valence-electron chi connectivity index (χ2n) is 4.34. The van der Waals surface area contributed by atoms with E-state index in [1.54, 1.807) is 6.07 Å². The van der Waals surface area contributed by atoms with Crippen molar-refractivity contribution in [1.29, 1.82) is 0 Å². The Labute approximate surface area is 125 Å². The van der Waals surface area contributed by atoms with Gasteiger partial charge in [-0.15, -0.1) is 11.3 Å². The van der Waals surface area contributed by atoms with Crippen LogP contribution in [0.3, 0.4) is 0 Å². The second-order valence-corrected chi connectivity index (χ2v) is 7.38. The molecule has 0 saturated carbocycles. The summed E-state index contributed by atoms with van der Waals surface area (Å²) in [6, 6.07) is 6.87. The molecular weight excluding hydrogens is 317 g/mol. The molecule has 2 aromatic rings. The minimum atomic E-state index is -3.82. The molecule has 2 rings (SSSR count). The zero-order valence-corrected chi connectivity index (χ0v) is 12.6. The molecule has 5 nitrogen and oxygen atoms in total. The number of aryl methyl sites for hydroxylation is 1. The molecule has 0 fully saturated rings. The SMILES string of the molecule is Cc1cc(S(=O)(=O)NCc2cccc(F)c2)sc1C(=O)O. The fraction of sp³-hybridized carbons (Fsp3) is 0.154. The molecule has 0 spiro atoms. The molecule has 0 atom stereocenters. The number of carboxylic acid groups (broad SMARTS) is 1. The smallest absolute Gasteiger partial charge is 0.346 e. The van der Waals surface area contributed by atoms with E-state index in [1.165, 1.54) is 31.2 Å². The molecule has 0 amide bonds. The molecule has 0 aliphatic rings. The average molecular weight is 329 g/mol. The molecule has 112 valence electrons. The number of benzene rings is 1. The lowest BCUT2D eigenvalue weighted by molar-refractivity contribution is 0.0701. The summed E-state index contributed by atoms with van der Waals surface area (Å²) in [7, 11) is -3.82. The molecule has 0 bridgehead atoms. The van der Waals surface area contributed by atoms with Crippen molar-refractivity contribution in [3.8, 4) is 0 Å². The summed E-state index contributed by atoms with van der Waals surface area (Å²) in [5, 5.41) is 8.94. The molecule has 0 aliphatic heterocycles. The number of carboxylic acids is 1. The van der Waals surface area contributed by atoms with E-state index in [4.69, 9.17) is 5.11 Å². The quantitative estimate of drug-likeness (QED) is 0.882. The van der Waals surface area contributed by atoms with E-state index in [9.17, 15) is 17.6 Å². The zero-order valence-electron chi connectivity index (χ0n) is 11.0. The Morgan fingerprint density at radius 3 is 2.67 bits per heavy atom. The van der Waals surface area contributed by atoms with Crippen molar-refractivity contribution in [3.05, 3.63) is 52.2 Å².